The zero-order valence-electron chi connectivity index (χ0n) is 4.13. The molecule has 1 rings (SSSR count). The fraction of sp³-hybridized carbons (Fsp3) is 0.250. The molecule has 0 aliphatic heterocycles. The molecule has 0 saturated heterocycles. The van der Waals surface area contributed by atoms with Crippen molar-refractivity contribution in [2.45, 2.75) is 0 Å². The van der Waals surface area contributed by atoms with Gasteiger partial charge in [0.15, 0.2) is 0 Å². The molecule has 0 unspecified atom stereocenters. The molecule has 1 radical (unpaired) electrons. The van der Waals surface area contributed by atoms with Gasteiger partial charge in [-0.15, -0.1) is 10.2 Å². The lowest BCUT2D eigenvalue weighted by atomic mass is 10.7. The zero-order valence-corrected chi connectivity index (χ0v) is 4.13. The second-order valence-corrected chi connectivity index (χ2v) is 1.36. The van der Waals surface area contributed by atoms with Crippen molar-refractivity contribution in [3.63, 3.8) is 0 Å². The molecule has 0 saturated carbocycles. The molecule has 3 heteroatoms. The maximum atomic E-state index is 3.62. The molecule has 0 aromatic carbocycles. The quantitative estimate of drug-likeness (QED) is 0.455. The topological polar surface area (TPSA) is 30.7 Å². The van der Waals surface area contributed by atoms with Crippen LogP contribution < -0.4 is 0 Å². The van der Waals surface area contributed by atoms with Gasteiger partial charge in [-0.3, -0.25) is 0 Å². The van der Waals surface area contributed by atoms with Gasteiger partial charge in [-0.05, 0) is 0 Å². The van der Waals surface area contributed by atoms with Crippen LogP contribution in [0.5, 0.6) is 0 Å². The summed E-state index contributed by atoms with van der Waals surface area (Å²) in [6.45, 7) is 3.57. The van der Waals surface area contributed by atoms with E-state index in [9.17, 15) is 0 Å². The van der Waals surface area contributed by atoms with E-state index in [0.717, 1.165) is 0 Å². The van der Waals surface area contributed by atoms with E-state index in [2.05, 4.69) is 17.1 Å². The molecule has 0 aliphatic rings. The molecule has 1 heterocycles. The number of aromatic nitrogens is 3. The number of hydrogen-bond donors (Lipinski definition) is 0. The summed E-state index contributed by atoms with van der Waals surface area (Å²) in [5.41, 5.74) is 0. The van der Waals surface area contributed by atoms with Crippen molar-refractivity contribution in [3.8, 4) is 0 Å². The minimum Gasteiger partial charge on any atom is -0.321 e. The largest absolute Gasteiger partial charge is 0.321 e. The lowest BCUT2D eigenvalue weighted by Crippen LogP contribution is -1.86. The molecule has 0 bridgehead atoms. The fourth-order valence-electron chi connectivity index (χ4n) is 0.307. The SMILES string of the molecule is [CH2]c1nncn1C. The second-order valence-electron chi connectivity index (χ2n) is 1.36. The van der Waals surface area contributed by atoms with Crippen molar-refractivity contribution in [1.29, 1.82) is 0 Å². The first-order valence-electron chi connectivity index (χ1n) is 1.96. The van der Waals surface area contributed by atoms with Crippen LogP contribution in [0.2, 0.25) is 0 Å². The van der Waals surface area contributed by atoms with E-state index in [1.165, 1.54) is 0 Å². The maximum absolute atomic E-state index is 3.62. The average molecular weight is 96.1 g/mol. The molecule has 0 amide bonds. The smallest absolute Gasteiger partial charge is 0.132 e. The lowest BCUT2D eigenvalue weighted by Gasteiger charge is -1.84. The van der Waals surface area contributed by atoms with Crippen LogP contribution in [0.3, 0.4) is 0 Å². The van der Waals surface area contributed by atoms with E-state index in [-0.39, 0.29) is 0 Å². The summed E-state index contributed by atoms with van der Waals surface area (Å²) >= 11 is 0. The molecule has 0 aliphatic carbocycles. The molecule has 1 aromatic rings. The number of nitrogens with zero attached hydrogens (tertiary/aromatic N) is 3. The van der Waals surface area contributed by atoms with E-state index in [4.69, 9.17) is 0 Å². The molecular formula is C4H6N3. The summed E-state index contributed by atoms with van der Waals surface area (Å²) in [5.74, 6) is 0.694. The Balaban J connectivity index is 3.12. The molecule has 0 N–H and O–H groups in total. The Morgan fingerprint density at radius 1 is 1.86 bits per heavy atom. The van der Waals surface area contributed by atoms with Crippen LogP contribution in [-0.4, -0.2) is 14.8 Å². The Morgan fingerprint density at radius 2 is 2.57 bits per heavy atom. The van der Waals surface area contributed by atoms with E-state index >= 15 is 0 Å². The van der Waals surface area contributed by atoms with Crippen molar-refractivity contribution < 1.29 is 0 Å². The van der Waals surface area contributed by atoms with E-state index < -0.39 is 0 Å². The predicted octanol–water partition coefficient (Wildman–Crippen LogP) is -0.00271. The number of rotatable bonds is 0. The summed E-state index contributed by atoms with van der Waals surface area (Å²) in [5, 5.41) is 7.19. The molecule has 0 atom stereocenters. The zero-order chi connectivity index (χ0) is 5.28. The van der Waals surface area contributed by atoms with Gasteiger partial charge in [0.25, 0.3) is 0 Å². The summed E-state index contributed by atoms with van der Waals surface area (Å²) in [6.07, 6.45) is 1.61. The van der Waals surface area contributed by atoms with Crippen LogP contribution in [0.25, 0.3) is 0 Å². The minimum atomic E-state index is 0.694. The van der Waals surface area contributed by atoms with Crippen molar-refractivity contribution in [2.75, 3.05) is 0 Å². The number of aryl methyl sites for hydroxylation is 1. The van der Waals surface area contributed by atoms with Gasteiger partial charge in [-0.1, -0.05) is 0 Å². The molecule has 37 valence electrons. The Hall–Kier alpha value is -0.860. The summed E-state index contributed by atoms with van der Waals surface area (Å²) in [6, 6.07) is 0. The molecule has 0 spiro atoms. The fourth-order valence-corrected chi connectivity index (χ4v) is 0.307. The summed E-state index contributed by atoms with van der Waals surface area (Å²) in [4.78, 5) is 0. The minimum absolute atomic E-state index is 0.694. The van der Waals surface area contributed by atoms with Crippen LogP contribution in [-0.2, 0) is 7.05 Å². The first-order chi connectivity index (χ1) is 3.30. The molecule has 0 fully saturated rings. The third kappa shape index (κ3) is 0.607. The van der Waals surface area contributed by atoms with Crippen LogP contribution in [0.4, 0.5) is 0 Å². The second kappa shape index (κ2) is 1.33. The third-order valence-electron chi connectivity index (χ3n) is 0.805. The van der Waals surface area contributed by atoms with E-state index in [1.807, 2.05) is 7.05 Å². The van der Waals surface area contributed by atoms with Crippen molar-refractivity contribution in [1.82, 2.24) is 14.8 Å². The highest BCUT2D eigenvalue weighted by Crippen LogP contribution is 1.82. The molecular weight excluding hydrogens is 90.1 g/mol. The van der Waals surface area contributed by atoms with Crippen molar-refractivity contribution >= 4 is 0 Å². The molecule has 3 nitrogen and oxygen atoms in total. The Kier molecular flexibility index (Phi) is 0.817. The molecule has 7 heavy (non-hydrogen) atoms. The van der Waals surface area contributed by atoms with Crippen molar-refractivity contribution in [3.05, 3.63) is 19.1 Å². The normalized spacial score (nSPS) is 9.43. The van der Waals surface area contributed by atoms with Crippen LogP contribution in [0.15, 0.2) is 6.33 Å². The maximum Gasteiger partial charge on any atom is 0.132 e. The third-order valence-corrected chi connectivity index (χ3v) is 0.805. The Bertz CT molecular complexity index is 139. The van der Waals surface area contributed by atoms with E-state index in [1.54, 1.807) is 10.9 Å². The van der Waals surface area contributed by atoms with Crippen LogP contribution in [0.1, 0.15) is 5.82 Å². The van der Waals surface area contributed by atoms with Gasteiger partial charge in [-0.2, -0.15) is 0 Å². The molecule has 1 aromatic heterocycles. The van der Waals surface area contributed by atoms with Gasteiger partial charge in [0.1, 0.15) is 12.2 Å². The Morgan fingerprint density at radius 3 is 2.71 bits per heavy atom. The number of hydrogen-bond acceptors (Lipinski definition) is 2. The van der Waals surface area contributed by atoms with Crippen LogP contribution in [0, 0.1) is 6.92 Å². The first-order valence-corrected chi connectivity index (χ1v) is 1.96. The highest BCUT2D eigenvalue weighted by atomic mass is 15.2. The predicted molar refractivity (Wildman–Crippen MR) is 25.5 cm³/mol. The highest BCUT2D eigenvalue weighted by molar-refractivity contribution is 4.86. The lowest BCUT2D eigenvalue weighted by molar-refractivity contribution is 0.884. The van der Waals surface area contributed by atoms with Gasteiger partial charge in [0.2, 0.25) is 0 Å². The average Bonchev–Trinajstić information content (AvgIpc) is 1.91. The van der Waals surface area contributed by atoms with Gasteiger partial charge in [0.05, 0.1) is 0 Å². The standard InChI is InChI=1S/C4H6N3/c1-4-6-5-3-7(4)2/h3H,1H2,2H3. The first kappa shape index (κ1) is 4.30. The van der Waals surface area contributed by atoms with E-state index in [0.29, 0.717) is 5.82 Å². The highest BCUT2D eigenvalue weighted by Gasteiger charge is 1.85. The van der Waals surface area contributed by atoms with Gasteiger partial charge >= 0.3 is 0 Å². The van der Waals surface area contributed by atoms with Gasteiger partial charge < -0.3 is 4.57 Å². The van der Waals surface area contributed by atoms with Gasteiger partial charge in [-0.25, -0.2) is 0 Å². The summed E-state index contributed by atoms with van der Waals surface area (Å²) < 4.78 is 1.75. The van der Waals surface area contributed by atoms with Crippen LogP contribution >= 0.6 is 0 Å². The van der Waals surface area contributed by atoms with Crippen molar-refractivity contribution in [2.24, 2.45) is 7.05 Å². The van der Waals surface area contributed by atoms with Gasteiger partial charge in [0, 0.05) is 14.0 Å². The summed E-state index contributed by atoms with van der Waals surface area (Å²) in [7, 11) is 1.85. The Labute approximate surface area is 42.0 Å². The monoisotopic (exact) mass is 96.1 g/mol.